The molecule has 0 amide bonds. The highest BCUT2D eigenvalue weighted by Crippen LogP contribution is 2.57. The lowest BCUT2D eigenvalue weighted by Gasteiger charge is -2.43. The van der Waals surface area contributed by atoms with Gasteiger partial charge in [0.25, 0.3) is 0 Å². The van der Waals surface area contributed by atoms with Crippen molar-refractivity contribution in [3.8, 4) is 11.5 Å². The number of ether oxygens (including phenoxy) is 3. The van der Waals surface area contributed by atoms with Crippen LogP contribution in [0, 0.1) is 5.41 Å². The summed E-state index contributed by atoms with van der Waals surface area (Å²) in [5.74, 6) is 2.25. The number of esters is 1. The summed E-state index contributed by atoms with van der Waals surface area (Å²) in [5.41, 5.74) is 2.83. The molecule has 0 fully saturated rings. The second-order valence-corrected chi connectivity index (χ2v) is 9.97. The molecule has 0 bridgehead atoms. The smallest absolute Gasteiger partial charge is 0.354 e. The first-order valence-electron chi connectivity index (χ1n) is 12.2. The fourth-order valence-electron chi connectivity index (χ4n) is 5.50. The SMILES string of the molecule is CCCCCCC1(C2=NCCS2)C=C(C(=O)OCC)N2CCc3cc(OC)c(OC)cc3C21. The first kappa shape index (κ1) is 24.0. The molecule has 33 heavy (non-hydrogen) atoms. The standard InChI is InChI=1S/C26H36N2O4S/c1-5-7-8-9-11-26(25-27-12-14-33-25)17-20(24(29)32-6-2)28-13-10-18-15-21(30-3)22(31-4)16-19(18)23(26)28/h15-17,23H,5-14H2,1-4H3. The van der Waals surface area contributed by atoms with Crippen molar-refractivity contribution in [3.05, 3.63) is 35.0 Å². The second-order valence-electron chi connectivity index (χ2n) is 8.89. The molecule has 0 aromatic heterocycles. The average molecular weight is 473 g/mol. The van der Waals surface area contributed by atoms with Crippen LogP contribution in [-0.4, -0.2) is 55.6 Å². The van der Waals surface area contributed by atoms with E-state index in [2.05, 4.69) is 30.0 Å². The molecule has 0 radical (unpaired) electrons. The topological polar surface area (TPSA) is 60.4 Å². The molecule has 2 atom stereocenters. The molecule has 0 spiro atoms. The minimum absolute atomic E-state index is 0.00596. The van der Waals surface area contributed by atoms with E-state index in [9.17, 15) is 4.79 Å². The van der Waals surface area contributed by atoms with E-state index in [1.165, 1.54) is 30.4 Å². The van der Waals surface area contributed by atoms with E-state index in [1.54, 1.807) is 14.2 Å². The maximum absolute atomic E-state index is 13.1. The van der Waals surface area contributed by atoms with Crippen molar-refractivity contribution in [3.63, 3.8) is 0 Å². The zero-order chi connectivity index (χ0) is 23.4. The van der Waals surface area contributed by atoms with Crippen molar-refractivity contribution in [2.24, 2.45) is 10.4 Å². The number of rotatable bonds is 10. The van der Waals surface area contributed by atoms with Gasteiger partial charge in [-0.2, -0.15) is 0 Å². The monoisotopic (exact) mass is 472 g/mol. The second kappa shape index (κ2) is 10.4. The molecule has 3 aliphatic heterocycles. The van der Waals surface area contributed by atoms with E-state index in [0.29, 0.717) is 12.3 Å². The summed E-state index contributed by atoms with van der Waals surface area (Å²) in [5, 5.41) is 1.16. The van der Waals surface area contributed by atoms with Crippen LogP contribution in [0.4, 0.5) is 0 Å². The number of carbonyl (C=O) groups is 1. The van der Waals surface area contributed by atoms with Gasteiger partial charge in [0.2, 0.25) is 0 Å². The first-order chi connectivity index (χ1) is 16.1. The average Bonchev–Trinajstić information content (AvgIpc) is 3.48. The normalized spacial score (nSPS) is 23.5. The molecule has 4 rings (SSSR count). The fourth-order valence-corrected chi connectivity index (χ4v) is 6.60. The summed E-state index contributed by atoms with van der Waals surface area (Å²) in [4.78, 5) is 20.3. The lowest BCUT2D eigenvalue weighted by molar-refractivity contribution is -0.140. The lowest BCUT2D eigenvalue weighted by Crippen LogP contribution is -2.42. The number of thioether (sulfide) groups is 1. The highest BCUT2D eigenvalue weighted by molar-refractivity contribution is 8.14. The summed E-state index contributed by atoms with van der Waals surface area (Å²) in [6, 6.07) is 4.24. The molecule has 2 unspecified atom stereocenters. The van der Waals surface area contributed by atoms with Gasteiger partial charge in [-0.1, -0.05) is 32.6 Å². The van der Waals surface area contributed by atoms with Crippen LogP contribution < -0.4 is 9.47 Å². The number of hydrogen-bond acceptors (Lipinski definition) is 7. The molecule has 0 N–H and O–H groups in total. The minimum atomic E-state index is -0.328. The van der Waals surface area contributed by atoms with Gasteiger partial charge >= 0.3 is 5.97 Å². The van der Waals surface area contributed by atoms with Gasteiger partial charge in [-0.15, -0.1) is 11.8 Å². The van der Waals surface area contributed by atoms with Gasteiger partial charge in [0.05, 0.1) is 37.3 Å². The van der Waals surface area contributed by atoms with Crippen LogP contribution in [0.3, 0.4) is 0 Å². The molecule has 3 aliphatic rings. The third-order valence-electron chi connectivity index (χ3n) is 6.98. The molecule has 7 heteroatoms. The summed E-state index contributed by atoms with van der Waals surface area (Å²) < 4.78 is 16.8. The summed E-state index contributed by atoms with van der Waals surface area (Å²) in [6.45, 7) is 6.08. The van der Waals surface area contributed by atoms with Crippen LogP contribution in [0.25, 0.3) is 0 Å². The predicted molar refractivity (Wildman–Crippen MR) is 133 cm³/mol. The lowest BCUT2D eigenvalue weighted by atomic mass is 9.72. The molecule has 3 heterocycles. The van der Waals surface area contributed by atoms with Crippen LogP contribution in [0.2, 0.25) is 0 Å². The fraction of sp³-hybridized carbons (Fsp3) is 0.615. The number of fused-ring (bicyclic) bond motifs is 3. The van der Waals surface area contributed by atoms with E-state index in [4.69, 9.17) is 19.2 Å². The van der Waals surface area contributed by atoms with Gasteiger partial charge in [0.1, 0.15) is 5.70 Å². The highest BCUT2D eigenvalue weighted by Gasteiger charge is 2.54. The molecule has 1 aromatic carbocycles. The molecular weight excluding hydrogens is 436 g/mol. The Labute approximate surface area is 201 Å². The minimum Gasteiger partial charge on any atom is -0.493 e. The zero-order valence-corrected chi connectivity index (χ0v) is 21.1. The Morgan fingerprint density at radius 3 is 2.64 bits per heavy atom. The van der Waals surface area contributed by atoms with Gasteiger partial charge in [-0.25, -0.2) is 4.79 Å². The third kappa shape index (κ3) is 4.36. The van der Waals surface area contributed by atoms with Crippen molar-refractivity contribution in [1.29, 1.82) is 0 Å². The number of carbonyl (C=O) groups excluding carboxylic acids is 1. The molecule has 0 aliphatic carbocycles. The number of unbranched alkanes of at least 4 members (excludes halogenated alkanes) is 3. The first-order valence-corrected chi connectivity index (χ1v) is 13.2. The third-order valence-corrected chi connectivity index (χ3v) is 8.15. The highest BCUT2D eigenvalue weighted by atomic mass is 32.2. The van der Waals surface area contributed by atoms with Gasteiger partial charge < -0.3 is 19.1 Å². The van der Waals surface area contributed by atoms with Crippen molar-refractivity contribution in [2.45, 2.75) is 58.4 Å². The quantitative estimate of drug-likeness (QED) is 0.346. The van der Waals surface area contributed by atoms with Gasteiger partial charge in [0.15, 0.2) is 11.5 Å². The Morgan fingerprint density at radius 2 is 1.97 bits per heavy atom. The molecular formula is C26H36N2O4S. The number of benzene rings is 1. The van der Waals surface area contributed by atoms with Crippen LogP contribution in [0.5, 0.6) is 11.5 Å². The van der Waals surface area contributed by atoms with Crippen LogP contribution in [0.15, 0.2) is 28.9 Å². The number of aliphatic imine (C=N–C) groups is 1. The number of hydrogen-bond donors (Lipinski definition) is 0. The van der Waals surface area contributed by atoms with Crippen molar-refractivity contribution in [2.75, 3.05) is 39.7 Å². The van der Waals surface area contributed by atoms with E-state index in [0.717, 1.165) is 54.6 Å². The van der Waals surface area contributed by atoms with Crippen LogP contribution in [0.1, 0.15) is 63.1 Å². The Hall–Kier alpha value is -2.15. The molecule has 0 saturated heterocycles. The Bertz CT molecular complexity index is 944. The Balaban J connectivity index is 1.85. The zero-order valence-electron chi connectivity index (χ0n) is 20.3. The van der Waals surface area contributed by atoms with E-state index >= 15 is 0 Å². The molecule has 180 valence electrons. The van der Waals surface area contributed by atoms with Gasteiger partial charge in [-0.3, -0.25) is 4.99 Å². The van der Waals surface area contributed by atoms with E-state index in [-0.39, 0.29) is 17.4 Å². The largest absolute Gasteiger partial charge is 0.493 e. The summed E-state index contributed by atoms with van der Waals surface area (Å²) in [6.07, 6.45) is 8.72. The van der Waals surface area contributed by atoms with Crippen molar-refractivity contribution >= 4 is 22.8 Å². The number of nitrogens with zero attached hydrogens (tertiary/aromatic N) is 2. The molecule has 1 aromatic rings. The Morgan fingerprint density at radius 1 is 1.18 bits per heavy atom. The van der Waals surface area contributed by atoms with Gasteiger partial charge in [-0.05, 0) is 49.1 Å². The number of methoxy groups -OCH3 is 2. The maximum atomic E-state index is 13.1. The summed E-state index contributed by atoms with van der Waals surface area (Å²) in [7, 11) is 3.36. The van der Waals surface area contributed by atoms with Crippen molar-refractivity contribution in [1.82, 2.24) is 4.90 Å². The van der Waals surface area contributed by atoms with Crippen molar-refractivity contribution < 1.29 is 19.0 Å². The summed E-state index contributed by atoms with van der Waals surface area (Å²) >= 11 is 1.85. The van der Waals surface area contributed by atoms with Gasteiger partial charge in [0, 0.05) is 18.8 Å². The van der Waals surface area contributed by atoms with E-state index < -0.39 is 0 Å². The van der Waals surface area contributed by atoms with Crippen LogP contribution >= 0.6 is 11.8 Å². The Kier molecular flexibility index (Phi) is 7.57. The predicted octanol–water partition coefficient (Wildman–Crippen LogP) is 5.17. The molecule has 6 nitrogen and oxygen atoms in total. The molecule has 0 saturated carbocycles. The van der Waals surface area contributed by atoms with E-state index in [1.807, 2.05) is 18.7 Å². The van der Waals surface area contributed by atoms with Crippen LogP contribution in [-0.2, 0) is 16.0 Å². The maximum Gasteiger partial charge on any atom is 0.354 e.